The molecule has 1 atom stereocenters. The average molecular weight is 402 g/mol. The number of nitrogen functional groups attached to an aromatic ring is 1. The van der Waals surface area contributed by atoms with Crippen LogP contribution in [0.3, 0.4) is 0 Å². The van der Waals surface area contributed by atoms with Crippen LogP contribution in [0.4, 0.5) is 5.95 Å². The summed E-state index contributed by atoms with van der Waals surface area (Å²) in [4.78, 5) is 45.1. The summed E-state index contributed by atoms with van der Waals surface area (Å²) >= 11 is 0. The number of fused-ring (bicyclic) bond motifs is 1. The van der Waals surface area contributed by atoms with E-state index in [4.69, 9.17) is 15.2 Å². The summed E-state index contributed by atoms with van der Waals surface area (Å²) in [6.07, 6.45) is 2.55. The minimum absolute atomic E-state index is 0. The van der Waals surface area contributed by atoms with Gasteiger partial charge in [0.15, 0.2) is 11.2 Å². The SMILES string of the molecule is CCC(=O)OCCC(COC(=O)CC)Cn1cnc2c(=O)[nH]c(N)nc21.Cl. The lowest BCUT2D eigenvalue weighted by Gasteiger charge is -2.17. The Bertz CT molecular complexity index is 834. The lowest BCUT2D eigenvalue weighted by atomic mass is 10.1. The highest BCUT2D eigenvalue weighted by Crippen LogP contribution is 2.14. The maximum absolute atomic E-state index is 11.9. The normalized spacial score (nSPS) is 11.6. The van der Waals surface area contributed by atoms with E-state index in [2.05, 4.69) is 15.0 Å². The maximum atomic E-state index is 11.9. The molecule has 2 aromatic rings. The summed E-state index contributed by atoms with van der Waals surface area (Å²) < 4.78 is 12.0. The van der Waals surface area contributed by atoms with Crippen molar-refractivity contribution in [1.29, 1.82) is 0 Å². The number of carbonyl (C=O) groups excluding carboxylic acids is 2. The number of ether oxygens (including phenoxy) is 2. The summed E-state index contributed by atoms with van der Waals surface area (Å²) in [6, 6.07) is 0. The molecule has 10 nitrogen and oxygen atoms in total. The fourth-order valence-corrected chi connectivity index (χ4v) is 2.36. The van der Waals surface area contributed by atoms with Crippen molar-refractivity contribution in [2.75, 3.05) is 18.9 Å². The number of H-pyrrole nitrogens is 1. The Labute approximate surface area is 161 Å². The first-order valence-corrected chi connectivity index (χ1v) is 8.46. The molecule has 0 aliphatic heterocycles. The van der Waals surface area contributed by atoms with E-state index in [9.17, 15) is 14.4 Å². The Morgan fingerprint density at radius 3 is 2.59 bits per heavy atom. The molecule has 2 aromatic heterocycles. The van der Waals surface area contributed by atoms with E-state index in [1.165, 1.54) is 6.33 Å². The summed E-state index contributed by atoms with van der Waals surface area (Å²) in [5.41, 5.74) is 5.71. The van der Waals surface area contributed by atoms with Crippen LogP contribution in [-0.2, 0) is 25.6 Å². The third-order valence-corrected chi connectivity index (χ3v) is 3.79. The van der Waals surface area contributed by atoms with E-state index in [-0.39, 0.29) is 61.4 Å². The minimum atomic E-state index is -0.419. The first kappa shape index (κ1) is 22.4. The van der Waals surface area contributed by atoms with Crippen molar-refractivity contribution in [2.24, 2.45) is 5.92 Å². The molecule has 2 heterocycles. The largest absolute Gasteiger partial charge is 0.466 e. The third-order valence-electron chi connectivity index (χ3n) is 3.79. The molecule has 0 aromatic carbocycles. The fraction of sp³-hybridized carbons (Fsp3) is 0.562. The molecule has 0 amide bonds. The second-order valence-electron chi connectivity index (χ2n) is 5.79. The van der Waals surface area contributed by atoms with Crippen molar-refractivity contribution in [1.82, 2.24) is 19.5 Å². The topological polar surface area (TPSA) is 142 Å². The van der Waals surface area contributed by atoms with Crippen LogP contribution in [-0.4, -0.2) is 44.7 Å². The number of nitrogens with one attached hydrogen (secondary N) is 1. The van der Waals surface area contributed by atoms with E-state index >= 15 is 0 Å². The highest BCUT2D eigenvalue weighted by Gasteiger charge is 2.17. The molecule has 27 heavy (non-hydrogen) atoms. The smallest absolute Gasteiger partial charge is 0.305 e. The number of hydrogen-bond donors (Lipinski definition) is 2. The molecule has 1 unspecified atom stereocenters. The molecule has 0 spiro atoms. The number of aromatic nitrogens is 4. The molecule has 2 rings (SSSR count). The Morgan fingerprint density at radius 2 is 1.93 bits per heavy atom. The number of hydrogen-bond acceptors (Lipinski definition) is 8. The van der Waals surface area contributed by atoms with E-state index < -0.39 is 5.56 Å². The van der Waals surface area contributed by atoms with Gasteiger partial charge in [-0.15, -0.1) is 12.4 Å². The van der Waals surface area contributed by atoms with Crippen molar-refractivity contribution in [3.05, 3.63) is 16.7 Å². The number of imidazole rings is 1. The van der Waals surface area contributed by atoms with Gasteiger partial charge in [0.05, 0.1) is 19.5 Å². The van der Waals surface area contributed by atoms with Gasteiger partial charge in [0.2, 0.25) is 5.95 Å². The van der Waals surface area contributed by atoms with Crippen molar-refractivity contribution < 1.29 is 19.1 Å². The molecule has 0 saturated heterocycles. The maximum Gasteiger partial charge on any atom is 0.305 e. The predicted molar refractivity (Wildman–Crippen MR) is 100 cm³/mol. The standard InChI is InChI=1S/C16H23N5O5.ClH/c1-3-11(22)25-6-5-10(8-26-12(23)4-2)7-21-9-18-13-14(21)19-16(17)20-15(13)24;/h9-10H,3-8H2,1-2H3,(H3,17,19,20,24);1H. The highest BCUT2D eigenvalue weighted by molar-refractivity contribution is 5.85. The molecule has 0 saturated carbocycles. The Morgan fingerprint density at radius 1 is 1.26 bits per heavy atom. The van der Waals surface area contributed by atoms with E-state index in [1.54, 1.807) is 18.4 Å². The zero-order chi connectivity index (χ0) is 19.1. The molecular formula is C16H24ClN5O5. The van der Waals surface area contributed by atoms with Crippen LogP contribution in [0.25, 0.3) is 11.2 Å². The summed E-state index contributed by atoms with van der Waals surface area (Å²) in [6.45, 7) is 4.18. The van der Waals surface area contributed by atoms with Gasteiger partial charge >= 0.3 is 11.9 Å². The van der Waals surface area contributed by atoms with Gasteiger partial charge in [0, 0.05) is 25.3 Å². The van der Waals surface area contributed by atoms with Crippen molar-refractivity contribution in [3.8, 4) is 0 Å². The molecule has 0 bridgehead atoms. The van der Waals surface area contributed by atoms with Crippen LogP contribution in [0, 0.1) is 5.92 Å². The van der Waals surface area contributed by atoms with Crippen molar-refractivity contribution >= 4 is 41.5 Å². The Kier molecular flexibility index (Phi) is 8.73. The predicted octanol–water partition coefficient (Wildman–Crippen LogP) is 1.04. The van der Waals surface area contributed by atoms with Crippen LogP contribution < -0.4 is 11.3 Å². The molecule has 0 aliphatic rings. The second kappa shape index (κ2) is 10.5. The van der Waals surface area contributed by atoms with Crippen LogP contribution >= 0.6 is 12.4 Å². The monoisotopic (exact) mass is 401 g/mol. The van der Waals surface area contributed by atoms with E-state index in [1.807, 2.05) is 0 Å². The minimum Gasteiger partial charge on any atom is -0.466 e. The van der Waals surface area contributed by atoms with Gasteiger partial charge in [-0.3, -0.25) is 19.4 Å². The van der Waals surface area contributed by atoms with Gasteiger partial charge in [-0.1, -0.05) is 13.8 Å². The molecule has 150 valence electrons. The van der Waals surface area contributed by atoms with Gasteiger partial charge in [0.1, 0.15) is 0 Å². The number of halogens is 1. The first-order chi connectivity index (χ1) is 12.4. The molecule has 0 radical (unpaired) electrons. The lowest BCUT2D eigenvalue weighted by Crippen LogP contribution is -2.21. The first-order valence-electron chi connectivity index (χ1n) is 8.46. The van der Waals surface area contributed by atoms with Crippen LogP contribution in [0.1, 0.15) is 33.1 Å². The second-order valence-corrected chi connectivity index (χ2v) is 5.79. The highest BCUT2D eigenvalue weighted by atomic mass is 35.5. The summed E-state index contributed by atoms with van der Waals surface area (Å²) in [7, 11) is 0. The Hall–Kier alpha value is -2.62. The van der Waals surface area contributed by atoms with Gasteiger partial charge in [-0.2, -0.15) is 4.98 Å². The average Bonchev–Trinajstić information content (AvgIpc) is 3.01. The van der Waals surface area contributed by atoms with Crippen molar-refractivity contribution in [3.63, 3.8) is 0 Å². The number of anilines is 1. The molecule has 0 fully saturated rings. The van der Waals surface area contributed by atoms with Crippen LogP contribution in [0.5, 0.6) is 0 Å². The summed E-state index contributed by atoms with van der Waals surface area (Å²) in [5, 5.41) is 0. The van der Waals surface area contributed by atoms with Crippen LogP contribution in [0.15, 0.2) is 11.1 Å². The molecule has 0 aliphatic carbocycles. The fourth-order valence-electron chi connectivity index (χ4n) is 2.36. The van der Waals surface area contributed by atoms with Gasteiger partial charge in [-0.25, -0.2) is 4.98 Å². The van der Waals surface area contributed by atoms with Gasteiger partial charge < -0.3 is 19.8 Å². The zero-order valence-electron chi connectivity index (χ0n) is 15.3. The van der Waals surface area contributed by atoms with Gasteiger partial charge in [0.25, 0.3) is 5.56 Å². The van der Waals surface area contributed by atoms with Crippen LogP contribution in [0.2, 0.25) is 0 Å². The number of esters is 2. The molecule has 11 heteroatoms. The quantitative estimate of drug-likeness (QED) is 0.593. The van der Waals surface area contributed by atoms with Gasteiger partial charge in [-0.05, 0) is 6.42 Å². The number of aromatic amines is 1. The number of rotatable bonds is 9. The Balaban J connectivity index is 0.00000364. The third kappa shape index (κ3) is 6.24. The molecular weight excluding hydrogens is 378 g/mol. The van der Waals surface area contributed by atoms with E-state index in [0.717, 1.165) is 0 Å². The van der Waals surface area contributed by atoms with Crippen molar-refractivity contribution in [2.45, 2.75) is 39.7 Å². The number of nitrogens with zero attached hydrogens (tertiary/aromatic N) is 3. The lowest BCUT2D eigenvalue weighted by molar-refractivity contribution is -0.147. The number of carbonyl (C=O) groups is 2. The van der Waals surface area contributed by atoms with E-state index in [0.29, 0.717) is 25.0 Å². The summed E-state index contributed by atoms with van der Waals surface area (Å²) in [5.74, 6) is -0.747. The zero-order valence-corrected chi connectivity index (χ0v) is 16.1. The molecule has 3 N–H and O–H groups in total. The number of nitrogens with two attached hydrogens (primary N) is 1.